The summed E-state index contributed by atoms with van der Waals surface area (Å²) in [6, 6.07) is 11.4. The van der Waals surface area contributed by atoms with Crippen molar-refractivity contribution in [3.63, 3.8) is 0 Å². The van der Waals surface area contributed by atoms with Crippen LogP contribution in [0.15, 0.2) is 36.5 Å². The monoisotopic (exact) mass is 462 g/mol. The van der Waals surface area contributed by atoms with Gasteiger partial charge < -0.3 is 10.1 Å². The molecule has 0 bridgehead atoms. The Balaban J connectivity index is 1.19. The predicted octanol–water partition coefficient (Wildman–Crippen LogP) is 4.45. The minimum atomic E-state index is 0.0771. The van der Waals surface area contributed by atoms with E-state index in [0.29, 0.717) is 12.0 Å². The molecule has 1 saturated heterocycles. The zero-order valence-electron chi connectivity index (χ0n) is 20.6. The third kappa shape index (κ3) is 4.98. The lowest BCUT2D eigenvalue weighted by Crippen LogP contribution is -2.46. The number of aryl methyl sites for hydroxylation is 3. The molecule has 6 nitrogen and oxygen atoms in total. The number of carbonyl (C=O) groups excluding carboxylic acids is 1. The summed E-state index contributed by atoms with van der Waals surface area (Å²) in [4.78, 5) is 17.7. The molecule has 1 aromatic heterocycles. The van der Waals surface area contributed by atoms with Gasteiger partial charge in [-0.25, -0.2) is 5.43 Å². The largest absolute Gasteiger partial charge is 0.490 e. The zero-order valence-corrected chi connectivity index (χ0v) is 20.6. The molecule has 5 rings (SSSR count). The van der Waals surface area contributed by atoms with Crippen LogP contribution in [-0.2, 0) is 4.79 Å². The lowest BCUT2D eigenvalue weighted by atomic mass is 9.74. The van der Waals surface area contributed by atoms with Crippen molar-refractivity contribution < 1.29 is 9.53 Å². The predicted molar refractivity (Wildman–Crippen MR) is 133 cm³/mol. The lowest BCUT2D eigenvalue weighted by molar-refractivity contribution is -0.127. The molecule has 6 heteroatoms. The van der Waals surface area contributed by atoms with Gasteiger partial charge in [0.2, 0.25) is 5.91 Å². The van der Waals surface area contributed by atoms with E-state index in [0.717, 1.165) is 56.4 Å². The molecule has 3 fully saturated rings. The van der Waals surface area contributed by atoms with E-state index < -0.39 is 0 Å². The van der Waals surface area contributed by atoms with Gasteiger partial charge in [0.25, 0.3) is 0 Å². The van der Waals surface area contributed by atoms with Crippen LogP contribution in [0.3, 0.4) is 0 Å². The van der Waals surface area contributed by atoms with Gasteiger partial charge >= 0.3 is 0 Å². The molecule has 2 saturated carbocycles. The van der Waals surface area contributed by atoms with Crippen LogP contribution in [0.1, 0.15) is 73.4 Å². The Bertz CT molecular complexity index is 1000. The number of rotatable bonds is 5. The maximum Gasteiger partial charge on any atom is 0.223 e. The molecule has 182 valence electrons. The van der Waals surface area contributed by atoms with Gasteiger partial charge in [-0.15, -0.1) is 0 Å². The summed E-state index contributed by atoms with van der Waals surface area (Å²) in [6.45, 7) is 6.24. The number of carbonyl (C=O) groups is 1. The van der Waals surface area contributed by atoms with Crippen molar-refractivity contribution in [2.45, 2.75) is 89.9 Å². The van der Waals surface area contributed by atoms with Crippen LogP contribution in [-0.4, -0.2) is 29.1 Å². The average Bonchev–Trinajstić information content (AvgIpc) is 3.25. The fourth-order valence-corrected chi connectivity index (χ4v) is 6.24. The number of aromatic nitrogens is 1. The van der Waals surface area contributed by atoms with Crippen LogP contribution in [0.2, 0.25) is 0 Å². The first-order valence-electron chi connectivity index (χ1n) is 12.9. The van der Waals surface area contributed by atoms with Crippen molar-refractivity contribution in [1.82, 2.24) is 21.2 Å². The Morgan fingerprint density at radius 3 is 2.65 bits per heavy atom. The van der Waals surface area contributed by atoms with Crippen molar-refractivity contribution in [2.24, 2.45) is 11.8 Å². The summed E-state index contributed by atoms with van der Waals surface area (Å²) in [5.74, 6) is 1.73. The Labute approximate surface area is 203 Å². The van der Waals surface area contributed by atoms with Crippen LogP contribution < -0.4 is 20.9 Å². The third-order valence-electron chi connectivity index (χ3n) is 8.07. The van der Waals surface area contributed by atoms with Crippen LogP contribution in [0, 0.1) is 32.6 Å². The first-order valence-corrected chi connectivity index (χ1v) is 12.9. The van der Waals surface area contributed by atoms with E-state index in [1.807, 2.05) is 13.1 Å². The summed E-state index contributed by atoms with van der Waals surface area (Å²) >= 11 is 0. The number of nitrogens with zero attached hydrogens (tertiary/aromatic N) is 1. The van der Waals surface area contributed by atoms with Crippen molar-refractivity contribution in [3.8, 4) is 5.75 Å². The second-order valence-electron chi connectivity index (χ2n) is 10.6. The van der Waals surface area contributed by atoms with Crippen LogP contribution in [0.4, 0.5) is 0 Å². The Morgan fingerprint density at radius 2 is 1.85 bits per heavy atom. The van der Waals surface area contributed by atoms with Gasteiger partial charge in [0.05, 0.1) is 6.04 Å². The van der Waals surface area contributed by atoms with Crippen LogP contribution >= 0.6 is 0 Å². The molecule has 6 atom stereocenters. The van der Waals surface area contributed by atoms with E-state index >= 15 is 0 Å². The highest BCUT2D eigenvalue weighted by Gasteiger charge is 2.43. The van der Waals surface area contributed by atoms with E-state index in [-0.39, 0.29) is 30.0 Å². The number of hydrazine groups is 1. The third-order valence-corrected chi connectivity index (χ3v) is 8.07. The number of nitrogens with one attached hydrogen (secondary N) is 3. The summed E-state index contributed by atoms with van der Waals surface area (Å²) in [7, 11) is 0. The minimum absolute atomic E-state index is 0.0771. The molecule has 6 unspecified atom stereocenters. The lowest BCUT2D eigenvalue weighted by Gasteiger charge is -2.35. The SMILES string of the molecule is Cc1cc(C2NNC3CCC(C(=O)NC4CCCC(Oc5c(C)cccc5C)C4)CC32)ccn1. The summed E-state index contributed by atoms with van der Waals surface area (Å²) in [6.07, 6.45) is 9.00. The minimum Gasteiger partial charge on any atom is -0.490 e. The number of pyridine rings is 1. The molecule has 2 heterocycles. The highest BCUT2D eigenvalue weighted by molar-refractivity contribution is 5.79. The van der Waals surface area contributed by atoms with Crippen molar-refractivity contribution >= 4 is 5.91 Å². The highest BCUT2D eigenvalue weighted by Crippen LogP contribution is 2.40. The van der Waals surface area contributed by atoms with Crippen molar-refractivity contribution in [1.29, 1.82) is 0 Å². The van der Waals surface area contributed by atoms with Crippen LogP contribution in [0.5, 0.6) is 5.75 Å². The van der Waals surface area contributed by atoms with E-state index in [1.165, 1.54) is 16.7 Å². The molecular weight excluding hydrogens is 424 g/mol. The molecule has 2 aromatic rings. The van der Waals surface area contributed by atoms with Crippen molar-refractivity contribution in [2.75, 3.05) is 0 Å². The summed E-state index contributed by atoms with van der Waals surface area (Å²) < 4.78 is 6.43. The van der Waals surface area contributed by atoms with E-state index in [2.05, 4.69) is 65.3 Å². The van der Waals surface area contributed by atoms with Gasteiger partial charge in [-0.1, -0.05) is 18.2 Å². The van der Waals surface area contributed by atoms with Gasteiger partial charge in [0.15, 0.2) is 0 Å². The Hall–Kier alpha value is -2.44. The van der Waals surface area contributed by atoms with E-state index in [4.69, 9.17) is 4.74 Å². The normalized spacial score (nSPS) is 31.0. The molecule has 1 aliphatic heterocycles. The average molecular weight is 463 g/mol. The van der Waals surface area contributed by atoms with E-state index in [9.17, 15) is 4.79 Å². The van der Waals surface area contributed by atoms with Gasteiger partial charge in [-0.2, -0.15) is 0 Å². The first kappa shape index (κ1) is 23.3. The maximum absolute atomic E-state index is 13.3. The van der Waals surface area contributed by atoms with Gasteiger partial charge in [0.1, 0.15) is 11.9 Å². The second kappa shape index (κ2) is 10.0. The fourth-order valence-electron chi connectivity index (χ4n) is 6.24. The number of para-hydroxylation sites is 1. The smallest absolute Gasteiger partial charge is 0.223 e. The fraction of sp³-hybridized carbons (Fsp3) is 0.571. The number of ether oxygens (including phenoxy) is 1. The summed E-state index contributed by atoms with van der Waals surface area (Å²) in [5.41, 5.74) is 11.6. The molecular formula is C28H38N4O2. The highest BCUT2D eigenvalue weighted by atomic mass is 16.5. The Kier molecular flexibility index (Phi) is 6.89. The maximum atomic E-state index is 13.3. The topological polar surface area (TPSA) is 75.3 Å². The molecule has 1 aromatic carbocycles. The van der Waals surface area contributed by atoms with Gasteiger partial charge in [0, 0.05) is 36.3 Å². The summed E-state index contributed by atoms with van der Waals surface area (Å²) in [5, 5.41) is 3.41. The number of hydrogen-bond acceptors (Lipinski definition) is 5. The van der Waals surface area contributed by atoms with Gasteiger partial charge in [-0.3, -0.25) is 15.2 Å². The number of fused-ring (bicyclic) bond motifs is 1. The van der Waals surface area contributed by atoms with E-state index in [1.54, 1.807) is 0 Å². The Morgan fingerprint density at radius 1 is 1.03 bits per heavy atom. The molecule has 3 N–H and O–H groups in total. The zero-order chi connectivity index (χ0) is 23.7. The van der Waals surface area contributed by atoms with Crippen LogP contribution in [0.25, 0.3) is 0 Å². The molecule has 3 aliphatic rings. The first-order chi connectivity index (χ1) is 16.5. The second-order valence-corrected chi connectivity index (χ2v) is 10.6. The molecule has 34 heavy (non-hydrogen) atoms. The standard InChI is InChI=1S/C28H38N4O2/c1-17-6-4-7-18(2)27(17)34-23-9-5-8-22(16-23)30-28(33)21-10-11-25-24(15-21)26(32-31-25)20-12-13-29-19(3)14-20/h4,6-7,12-14,21-26,31-32H,5,8-11,15-16H2,1-3H3,(H,30,33). The quantitative estimate of drug-likeness (QED) is 0.612. The molecule has 1 amide bonds. The number of hydrogen-bond donors (Lipinski definition) is 3. The number of benzene rings is 1. The molecule has 0 spiro atoms. The molecule has 2 aliphatic carbocycles. The number of amides is 1. The van der Waals surface area contributed by atoms with Gasteiger partial charge in [-0.05, 0) is 94.0 Å². The molecule has 0 radical (unpaired) electrons. The van der Waals surface area contributed by atoms with Crippen molar-refractivity contribution in [3.05, 3.63) is 58.9 Å².